The second-order valence-corrected chi connectivity index (χ2v) is 3.30. The maximum atomic E-state index is 11.6. The summed E-state index contributed by atoms with van der Waals surface area (Å²) in [4.78, 5) is 33.0. The molecular weight excluding hydrogens is 262 g/mol. The number of anilines is 1. The summed E-state index contributed by atoms with van der Waals surface area (Å²) in [6.45, 7) is 1.91. The molecule has 0 saturated heterocycles. The van der Waals surface area contributed by atoms with Gasteiger partial charge in [-0.15, -0.1) is 12.4 Å². The summed E-state index contributed by atoms with van der Waals surface area (Å²) in [6, 6.07) is 0. The highest BCUT2D eigenvalue weighted by Gasteiger charge is 2.12. The minimum Gasteiger partial charge on any atom is -0.465 e. The van der Waals surface area contributed by atoms with E-state index in [4.69, 9.17) is 10.5 Å². The van der Waals surface area contributed by atoms with E-state index < -0.39 is 11.5 Å². The van der Waals surface area contributed by atoms with Crippen molar-refractivity contribution in [1.29, 1.82) is 0 Å². The fourth-order valence-corrected chi connectivity index (χ4v) is 1.47. The Morgan fingerprint density at radius 1 is 1.61 bits per heavy atom. The van der Waals surface area contributed by atoms with Crippen molar-refractivity contribution in [3.63, 3.8) is 0 Å². The molecule has 0 aliphatic carbocycles. The Hall–Kier alpha value is -2.09. The van der Waals surface area contributed by atoms with Crippen LogP contribution in [0, 0.1) is 0 Å². The molecule has 2 heterocycles. The Labute approximate surface area is 108 Å². The van der Waals surface area contributed by atoms with Crippen molar-refractivity contribution >= 4 is 35.5 Å². The molecule has 3 N–H and O–H groups in total. The van der Waals surface area contributed by atoms with Crippen molar-refractivity contribution < 1.29 is 9.53 Å². The number of hydrogen-bond acceptors (Lipinski definition) is 6. The van der Waals surface area contributed by atoms with Gasteiger partial charge in [0, 0.05) is 0 Å². The van der Waals surface area contributed by atoms with Crippen molar-refractivity contribution in [2.24, 2.45) is 0 Å². The molecule has 0 radical (unpaired) electrons. The van der Waals surface area contributed by atoms with E-state index in [1.54, 1.807) is 6.92 Å². The number of nitrogens with zero attached hydrogens (tertiary/aromatic N) is 3. The van der Waals surface area contributed by atoms with E-state index in [9.17, 15) is 9.59 Å². The van der Waals surface area contributed by atoms with Gasteiger partial charge in [-0.25, -0.2) is 4.98 Å². The van der Waals surface area contributed by atoms with Gasteiger partial charge in [-0.1, -0.05) is 0 Å². The molecule has 18 heavy (non-hydrogen) atoms. The summed E-state index contributed by atoms with van der Waals surface area (Å²) >= 11 is 0. The van der Waals surface area contributed by atoms with Crippen molar-refractivity contribution in [3.05, 3.63) is 16.7 Å². The van der Waals surface area contributed by atoms with E-state index in [0.717, 1.165) is 0 Å². The summed E-state index contributed by atoms with van der Waals surface area (Å²) < 4.78 is 6.16. The zero-order chi connectivity index (χ0) is 12.4. The fourth-order valence-electron chi connectivity index (χ4n) is 1.47. The van der Waals surface area contributed by atoms with Gasteiger partial charge in [-0.2, -0.15) is 4.98 Å². The van der Waals surface area contributed by atoms with Crippen LogP contribution < -0.4 is 11.3 Å². The molecule has 0 aromatic carbocycles. The molecule has 0 aliphatic rings. The number of nitrogens with two attached hydrogens (primary N) is 1. The molecule has 0 amide bonds. The normalized spacial score (nSPS) is 10.1. The van der Waals surface area contributed by atoms with E-state index in [1.807, 2.05) is 0 Å². The first-order chi connectivity index (χ1) is 8.11. The largest absolute Gasteiger partial charge is 0.465 e. The quantitative estimate of drug-likeness (QED) is 0.741. The molecule has 0 bridgehead atoms. The first kappa shape index (κ1) is 14.0. The average molecular weight is 274 g/mol. The number of imidazole rings is 1. The summed E-state index contributed by atoms with van der Waals surface area (Å²) in [5.41, 5.74) is 5.34. The molecule has 0 aliphatic heterocycles. The molecule has 2 aromatic rings. The molecule has 0 unspecified atom stereocenters. The topological polar surface area (TPSA) is 116 Å². The highest BCUT2D eigenvalue weighted by molar-refractivity contribution is 5.85. The summed E-state index contributed by atoms with van der Waals surface area (Å²) in [5, 5.41) is 0. The monoisotopic (exact) mass is 273 g/mol. The minimum absolute atomic E-state index is 0. The van der Waals surface area contributed by atoms with Crippen LogP contribution in [0.3, 0.4) is 0 Å². The van der Waals surface area contributed by atoms with Crippen LogP contribution in [-0.2, 0) is 16.1 Å². The predicted octanol–water partition coefficient (Wildman–Crippen LogP) is -0.313. The van der Waals surface area contributed by atoms with Crippen molar-refractivity contribution in [2.45, 2.75) is 13.5 Å². The lowest BCUT2D eigenvalue weighted by Crippen LogP contribution is -2.18. The third-order valence-electron chi connectivity index (χ3n) is 2.11. The number of esters is 1. The van der Waals surface area contributed by atoms with E-state index in [0.29, 0.717) is 0 Å². The maximum Gasteiger partial charge on any atom is 0.326 e. The van der Waals surface area contributed by atoms with E-state index in [-0.39, 0.29) is 42.7 Å². The zero-order valence-corrected chi connectivity index (χ0v) is 10.4. The summed E-state index contributed by atoms with van der Waals surface area (Å²) in [6.07, 6.45) is 1.35. The number of H-pyrrole nitrogens is 1. The number of halogens is 1. The average Bonchev–Trinajstić information content (AvgIpc) is 2.61. The Balaban J connectivity index is 0.00000162. The lowest BCUT2D eigenvalue weighted by atomic mass is 10.5. The second kappa shape index (κ2) is 5.50. The van der Waals surface area contributed by atoms with Gasteiger partial charge >= 0.3 is 5.97 Å². The molecule has 8 nitrogen and oxygen atoms in total. The number of ether oxygens (including phenoxy) is 1. The van der Waals surface area contributed by atoms with Gasteiger partial charge in [0.1, 0.15) is 6.54 Å². The van der Waals surface area contributed by atoms with Crippen molar-refractivity contribution in [3.8, 4) is 0 Å². The first-order valence-corrected chi connectivity index (χ1v) is 4.98. The van der Waals surface area contributed by atoms with Crippen LogP contribution in [-0.4, -0.2) is 32.1 Å². The van der Waals surface area contributed by atoms with Crippen molar-refractivity contribution in [1.82, 2.24) is 19.5 Å². The lowest BCUT2D eigenvalue weighted by molar-refractivity contribution is -0.143. The fraction of sp³-hybridized carbons (Fsp3) is 0.333. The molecule has 2 aromatic heterocycles. The third kappa shape index (κ3) is 2.59. The molecule has 0 atom stereocenters. The summed E-state index contributed by atoms with van der Waals surface area (Å²) in [7, 11) is 0. The van der Waals surface area contributed by atoms with E-state index >= 15 is 0 Å². The molecule has 2 rings (SSSR count). The molecule has 9 heteroatoms. The van der Waals surface area contributed by atoms with Gasteiger partial charge in [0.25, 0.3) is 5.56 Å². The number of carbonyl (C=O) groups excluding carboxylic acids is 1. The van der Waals surface area contributed by atoms with Crippen LogP contribution in [0.4, 0.5) is 5.95 Å². The smallest absolute Gasteiger partial charge is 0.326 e. The predicted molar refractivity (Wildman–Crippen MR) is 66.4 cm³/mol. The van der Waals surface area contributed by atoms with Crippen LogP contribution in [0.15, 0.2) is 11.1 Å². The van der Waals surface area contributed by atoms with Gasteiger partial charge in [-0.3, -0.25) is 14.6 Å². The van der Waals surface area contributed by atoms with Gasteiger partial charge in [-0.05, 0) is 6.92 Å². The summed E-state index contributed by atoms with van der Waals surface area (Å²) in [5.74, 6) is -0.452. The highest BCUT2D eigenvalue weighted by Crippen LogP contribution is 2.05. The Morgan fingerprint density at radius 2 is 2.33 bits per heavy atom. The second-order valence-electron chi connectivity index (χ2n) is 3.30. The van der Waals surface area contributed by atoms with Crippen LogP contribution in [0.5, 0.6) is 0 Å². The maximum absolute atomic E-state index is 11.6. The number of rotatable bonds is 3. The first-order valence-electron chi connectivity index (χ1n) is 4.98. The Kier molecular flexibility index (Phi) is 4.27. The van der Waals surface area contributed by atoms with Crippen LogP contribution >= 0.6 is 12.4 Å². The van der Waals surface area contributed by atoms with Gasteiger partial charge in [0.2, 0.25) is 5.95 Å². The molecular formula is C9H12ClN5O3. The third-order valence-corrected chi connectivity index (χ3v) is 2.11. The van der Waals surface area contributed by atoms with Crippen LogP contribution in [0.2, 0.25) is 0 Å². The SMILES string of the molecule is CCOC(=O)Cn1cnc2nc(N)[nH]c(=O)c21.Cl. The Morgan fingerprint density at radius 3 is 3.00 bits per heavy atom. The molecule has 0 fully saturated rings. The standard InChI is InChI=1S/C9H11N5O3.ClH/c1-2-17-5(15)3-14-4-11-7-6(14)8(16)13-9(10)12-7;/h4H,2-3H2,1H3,(H3,10,12,13,16);1H. The van der Waals surface area contributed by atoms with Crippen molar-refractivity contribution in [2.75, 3.05) is 12.3 Å². The van der Waals surface area contributed by atoms with E-state index in [1.165, 1.54) is 10.9 Å². The van der Waals surface area contributed by atoms with Crippen LogP contribution in [0.25, 0.3) is 11.2 Å². The van der Waals surface area contributed by atoms with E-state index in [2.05, 4.69) is 15.0 Å². The van der Waals surface area contributed by atoms with Gasteiger partial charge in [0.15, 0.2) is 11.2 Å². The number of carbonyl (C=O) groups is 1. The molecule has 98 valence electrons. The Bertz CT molecular complexity index is 620. The van der Waals surface area contributed by atoms with Gasteiger partial charge in [0.05, 0.1) is 12.9 Å². The zero-order valence-electron chi connectivity index (χ0n) is 9.54. The number of nitrogen functional groups attached to an aromatic ring is 1. The van der Waals surface area contributed by atoms with Crippen LogP contribution in [0.1, 0.15) is 6.92 Å². The minimum atomic E-state index is -0.442. The number of aromatic amines is 1. The number of nitrogens with one attached hydrogen (secondary N) is 1. The van der Waals surface area contributed by atoms with Gasteiger partial charge < -0.3 is 15.0 Å². The lowest BCUT2D eigenvalue weighted by Gasteiger charge is -2.03. The molecule has 0 saturated carbocycles. The number of hydrogen-bond donors (Lipinski definition) is 2. The molecule has 0 spiro atoms. The number of fused-ring (bicyclic) bond motifs is 1. The highest BCUT2D eigenvalue weighted by atomic mass is 35.5. The number of aromatic nitrogens is 4.